The molecule has 1 aliphatic heterocycles. The molecule has 8 nitrogen and oxygen atoms in total. The largest absolute Gasteiger partial charge is 0.469 e. The lowest BCUT2D eigenvalue weighted by molar-refractivity contribution is -0.140. The van der Waals surface area contributed by atoms with Gasteiger partial charge in [-0.2, -0.15) is 10.4 Å². The third kappa shape index (κ3) is 5.41. The Hall–Kier alpha value is -4.12. The van der Waals surface area contributed by atoms with E-state index < -0.39 is 0 Å². The number of anilines is 1. The summed E-state index contributed by atoms with van der Waals surface area (Å²) in [6.45, 7) is 6.88. The zero-order valence-electron chi connectivity index (χ0n) is 21.0. The summed E-state index contributed by atoms with van der Waals surface area (Å²) in [6.07, 6.45) is 1.77. The minimum Gasteiger partial charge on any atom is -0.469 e. The Morgan fingerprint density at radius 2 is 1.67 bits per heavy atom. The van der Waals surface area contributed by atoms with E-state index in [2.05, 4.69) is 16.1 Å². The van der Waals surface area contributed by atoms with Gasteiger partial charge in [0, 0.05) is 49.5 Å². The molecule has 2 heterocycles. The van der Waals surface area contributed by atoms with Crippen molar-refractivity contribution in [1.82, 2.24) is 14.7 Å². The highest BCUT2D eigenvalue weighted by Gasteiger charge is 2.21. The minimum atomic E-state index is -0.238. The maximum atomic E-state index is 13.2. The molecular weight excluding hydrogens is 454 g/mol. The van der Waals surface area contributed by atoms with E-state index in [1.807, 2.05) is 72.0 Å². The molecule has 1 saturated heterocycles. The molecule has 8 heteroatoms. The summed E-state index contributed by atoms with van der Waals surface area (Å²) in [5, 5.41) is 13.7. The smallest absolute Gasteiger partial charge is 0.305 e. The van der Waals surface area contributed by atoms with Crippen molar-refractivity contribution in [2.75, 3.05) is 38.2 Å². The highest BCUT2D eigenvalue weighted by atomic mass is 16.5. The summed E-state index contributed by atoms with van der Waals surface area (Å²) in [7, 11) is 1.39. The van der Waals surface area contributed by atoms with Crippen LogP contribution in [0.15, 0.2) is 48.5 Å². The number of hydrogen-bond donors (Lipinski definition) is 0. The average Bonchev–Trinajstić information content (AvgIpc) is 3.06. The summed E-state index contributed by atoms with van der Waals surface area (Å²) >= 11 is 0. The molecule has 0 N–H and O–H groups in total. The molecule has 1 fully saturated rings. The second-order valence-electron chi connectivity index (χ2n) is 8.98. The van der Waals surface area contributed by atoms with Gasteiger partial charge in [0.05, 0.1) is 30.1 Å². The van der Waals surface area contributed by atoms with Crippen molar-refractivity contribution in [3.63, 3.8) is 0 Å². The Morgan fingerprint density at radius 3 is 2.33 bits per heavy atom. The van der Waals surface area contributed by atoms with Crippen LogP contribution >= 0.6 is 0 Å². The molecular formula is C28H31N5O3. The van der Waals surface area contributed by atoms with E-state index in [-0.39, 0.29) is 11.9 Å². The van der Waals surface area contributed by atoms with Crippen molar-refractivity contribution in [2.45, 2.75) is 33.1 Å². The Labute approximate surface area is 211 Å². The second-order valence-corrected chi connectivity index (χ2v) is 8.98. The quantitative estimate of drug-likeness (QED) is 0.493. The van der Waals surface area contributed by atoms with Crippen LogP contribution in [0.1, 0.15) is 45.7 Å². The summed E-state index contributed by atoms with van der Waals surface area (Å²) in [6, 6.07) is 17.3. The van der Waals surface area contributed by atoms with Gasteiger partial charge < -0.3 is 14.5 Å². The first kappa shape index (κ1) is 25.0. The van der Waals surface area contributed by atoms with Crippen LogP contribution in [-0.4, -0.2) is 59.8 Å². The van der Waals surface area contributed by atoms with E-state index in [0.717, 1.165) is 47.8 Å². The number of hydrogen-bond acceptors (Lipinski definition) is 6. The average molecular weight is 486 g/mol. The number of rotatable bonds is 6. The first-order chi connectivity index (χ1) is 17.4. The molecule has 3 aromatic rings. The van der Waals surface area contributed by atoms with Crippen LogP contribution in [0, 0.1) is 25.2 Å². The first-order valence-corrected chi connectivity index (χ1v) is 12.2. The van der Waals surface area contributed by atoms with Crippen molar-refractivity contribution < 1.29 is 14.3 Å². The van der Waals surface area contributed by atoms with Gasteiger partial charge in [-0.15, -0.1) is 0 Å². The lowest BCUT2D eigenvalue weighted by Crippen LogP contribution is -2.35. The van der Waals surface area contributed by atoms with E-state index in [1.165, 1.54) is 7.11 Å². The minimum absolute atomic E-state index is 0.0235. The molecule has 0 aliphatic carbocycles. The Balaban J connectivity index is 1.42. The predicted molar refractivity (Wildman–Crippen MR) is 137 cm³/mol. The fourth-order valence-corrected chi connectivity index (χ4v) is 4.67. The molecule has 0 atom stereocenters. The van der Waals surface area contributed by atoms with Gasteiger partial charge in [0.1, 0.15) is 0 Å². The normalized spacial score (nSPS) is 13.7. The number of carbonyl (C=O) groups is 2. The monoisotopic (exact) mass is 485 g/mol. The van der Waals surface area contributed by atoms with Gasteiger partial charge in [0.15, 0.2) is 0 Å². The van der Waals surface area contributed by atoms with Crippen molar-refractivity contribution in [1.29, 1.82) is 5.26 Å². The lowest BCUT2D eigenvalue weighted by atomic mass is 10.1. The summed E-state index contributed by atoms with van der Waals surface area (Å²) < 4.78 is 6.62. The van der Waals surface area contributed by atoms with Gasteiger partial charge in [-0.05, 0) is 80.8 Å². The molecule has 0 saturated carbocycles. The van der Waals surface area contributed by atoms with E-state index in [4.69, 9.17) is 10.00 Å². The molecule has 1 aliphatic rings. The first-order valence-electron chi connectivity index (χ1n) is 12.2. The maximum Gasteiger partial charge on any atom is 0.305 e. The predicted octanol–water partition coefficient (Wildman–Crippen LogP) is 3.82. The number of ether oxygens (including phenoxy) is 1. The number of esters is 1. The number of methoxy groups -OCH3 is 1. The molecule has 1 aromatic heterocycles. The molecule has 2 aromatic carbocycles. The topological polar surface area (TPSA) is 91.5 Å². The molecule has 0 bridgehead atoms. The van der Waals surface area contributed by atoms with Gasteiger partial charge in [-0.1, -0.05) is 0 Å². The molecule has 186 valence electrons. The maximum absolute atomic E-state index is 13.2. The number of carbonyl (C=O) groups excluding carboxylic acids is 2. The highest BCUT2D eigenvalue weighted by molar-refractivity contribution is 5.94. The van der Waals surface area contributed by atoms with Crippen molar-refractivity contribution in [3.05, 3.63) is 76.6 Å². The third-order valence-electron chi connectivity index (χ3n) is 6.75. The second kappa shape index (κ2) is 11.1. The lowest BCUT2D eigenvalue weighted by Gasteiger charge is -2.24. The zero-order chi connectivity index (χ0) is 25.7. The van der Waals surface area contributed by atoms with E-state index in [0.29, 0.717) is 37.1 Å². The molecule has 0 unspecified atom stereocenters. The summed E-state index contributed by atoms with van der Waals surface area (Å²) in [4.78, 5) is 29.0. The van der Waals surface area contributed by atoms with E-state index in [9.17, 15) is 9.59 Å². The van der Waals surface area contributed by atoms with Crippen LogP contribution < -0.4 is 4.90 Å². The number of amides is 1. The number of nitriles is 1. The highest BCUT2D eigenvalue weighted by Crippen LogP contribution is 2.21. The van der Waals surface area contributed by atoms with E-state index >= 15 is 0 Å². The van der Waals surface area contributed by atoms with Gasteiger partial charge in [0.25, 0.3) is 5.91 Å². The Morgan fingerprint density at radius 1 is 0.972 bits per heavy atom. The number of aryl methyl sites for hydroxylation is 1. The van der Waals surface area contributed by atoms with Crippen LogP contribution in [-0.2, 0) is 16.0 Å². The summed E-state index contributed by atoms with van der Waals surface area (Å²) in [5.74, 6) is -0.215. The van der Waals surface area contributed by atoms with Crippen molar-refractivity contribution >= 4 is 17.6 Å². The zero-order valence-corrected chi connectivity index (χ0v) is 21.0. The van der Waals surface area contributed by atoms with Gasteiger partial charge in [-0.25, -0.2) is 4.68 Å². The van der Waals surface area contributed by atoms with Gasteiger partial charge >= 0.3 is 5.97 Å². The van der Waals surface area contributed by atoms with Crippen LogP contribution in [0.25, 0.3) is 5.69 Å². The molecule has 0 radical (unpaired) electrons. The van der Waals surface area contributed by atoms with Crippen molar-refractivity contribution in [3.8, 4) is 11.8 Å². The van der Waals surface area contributed by atoms with Crippen molar-refractivity contribution in [2.24, 2.45) is 0 Å². The number of nitrogens with zero attached hydrogens (tertiary/aromatic N) is 5. The fourth-order valence-electron chi connectivity index (χ4n) is 4.67. The SMILES string of the molecule is COC(=O)CCc1c(C)nn(-c2ccc(C(=O)N3CCCN(c4ccc(C#N)cc4)CC3)cc2)c1C. The van der Waals surface area contributed by atoms with Gasteiger partial charge in [-0.3, -0.25) is 9.59 Å². The van der Waals surface area contributed by atoms with Crippen LogP contribution in [0.3, 0.4) is 0 Å². The molecule has 36 heavy (non-hydrogen) atoms. The van der Waals surface area contributed by atoms with Gasteiger partial charge in [0.2, 0.25) is 0 Å². The van der Waals surface area contributed by atoms with Crippen LogP contribution in [0.4, 0.5) is 5.69 Å². The standard InChI is InChI=1S/C28H31N5O3/c1-20-26(13-14-27(34)36-3)21(2)33(30-20)25-11-7-23(8-12-25)28(35)32-16-4-15-31(17-18-32)24-9-5-22(19-29)6-10-24/h5-12H,4,13-18H2,1-3H3. The fraction of sp³-hybridized carbons (Fsp3) is 0.357. The van der Waals surface area contributed by atoms with Crippen LogP contribution in [0.2, 0.25) is 0 Å². The number of aromatic nitrogens is 2. The Bertz CT molecular complexity index is 1270. The molecule has 0 spiro atoms. The third-order valence-corrected chi connectivity index (χ3v) is 6.75. The summed E-state index contributed by atoms with van der Waals surface area (Å²) in [5.41, 5.74) is 6.14. The molecule has 1 amide bonds. The Kier molecular flexibility index (Phi) is 7.69. The van der Waals surface area contributed by atoms with E-state index in [1.54, 1.807) is 0 Å². The number of benzene rings is 2. The van der Waals surface area contributed by atoms with Crippen LogP contribution in [0.5, 0.6) is 0 Å². The molecule has 4 rings (SSSR count).